The van der Waals surface area contributed by atoms with Crippen LogP contribution < -0.4 is 0 Å². The molecule has 56 heavy (non-hydrogen) atoms. The highest BCUT2D eigenvalue weighted by Gasteiger charge is 2.48. The second-order valence-corrected chi connectivity index (χ2v) is 19.4. The van der Waals surface area contributed by atoms with Gasteiger partial charge < -0.3 is 29.5 Å². The lowest BCUT2D eigenvalue weighted by atomic mass is 9.86. The Morgan fingerprint density at radius 1 is 0.643 bits per heavy atom. The van der Waals surface area contributed by atoms with E-state index in [0.717, 1.165) is 0 Å². The minimum atomic E-state index is -3.05. The van der Waals surface area contributed by atoms with Gasteiger partial charge >= 0.3 is 12.2 Å². The van der Waals surface area contributed by atoms with Crippen molar-refractivity contribution in [2.75, 3.05) is 0 Å². The van der Waals surface area contributed by atoms with Crippen molar-refractivity contribution < 1.29 is 46.8 Å². The van der Waals surface area contributed by atoms with Gasteiger partial charge in [0, 0.05) is 73.8 Å². The van der Waals surface area contributed by atoms with E-state index in [1.54, 1.807) is 69.2 Å². The van der Waals surface area contributed by atoms with Gasteiger partial charge in [0.2, 0.25) is 0 Å². The highest BCUT2D eigenvalue weighted by Crippen LogP contribution is 2.45. The summed E-state index contributed by atoms with van der Waals surface area (Å²) in [7, 11) is 0. The van der Waals surface area contributed by atoms with Crippen LogP contribution in [-0.2, 0) is 60.3 Å². The highest BCUT2D eigenvalue weighted by molar-refractivity contribution is 5.70. The molecular weight excluding hydrogens is 736 g/mol. The number of alkyl halides is 4. The van der Waals surface area contributed by atoms with E-state index in [4.69, 9.17) is 9.47 Å². The van der Waals surface area contributed by atoms with Crippen LogP contribution in [0.1, 0.15) is 143 Å². The average molecular weight is 799 g/mol. The van der Waals surface area contributed by atoms with E-state index in [1.165, 1.54) is 19.2 Å². The molecule has 0 saturated heterocycles. The summed E-state index contributed by atoms with van der Waals surface area (Å²) in [4.78, 5) is 28.2. The first-order valence-corrected chi connectivity index (χ1v) is 19.8. The summed E-state index contributed by atoms with van der Waals surface area (Å²) in [6.45, 7) is 21.6. The largest absolute Gasteiger partial charge is 0.444 e. The third-order valence-electron chi connectivity index (χ3n) is 11.3. The number of hydrogen-bond donors (Lipinski definition) is 2. The molecule has 2 aromatic rings. The number of ether oxygens (including phenoxy) is 2. The second-order valence-electron chi connectivity index (χ2n) is 19.4. The molecule has 2 amide bonds. The van der Waals surface area contributed by atoms with Gasteiger partial charge in [-0.15, -0.1) is 0 Å². The molecule has 0 fully saturated rings. The van der Waals surface area contributed by atoms with Crippen molar-refractivity contribution in [3.8, 4) is 0 Å². The number of nitrogens with zero attached hydrogens (tertiary/aromatic N) is 6. The van der Waals surface area contributed by atoms with Gasteiger partial charge in [0.15, 0.2) is 0 Å². The third kappa shape index (κ3) is 9.48. The molecule has 0 bridgehead atoms. The first-order valence-electron chi connectivity index (χ1n) is 19.8. The lowest BCUT2D eigenvalue weighted by molar-refractivity contribution is -0.0349. The van der Waals surface area contributed by atoms with Crippen LogP contribution in [0.2, 0.25) is 0 Å². The first kappa shape index (κ1) is 43.7. The number of hydrogen-bond acceptors (Lipinski definition) is 8. The van der Waals surface area contributed by atoms with Crippen LogP contribution in [0.5, 0.6) is 0 Å². The topological polar surface area (TPSA) is 135 Å². The number of aromatic nitrogens is 4. The van der Waals surface area contributed by atoms with Gasteiger partial charge in [-0.25, -0.2) is 9.59 Å². The molecule has 316 valence electrons. The Bertz CT molecular complexity index is 1650. The van der Waals surface area contributed by atoms with Crippen molar-refractivity contribution >= 4 is 12.2 Å². The zero-order valence-corrected chi connectivity index (χ0v) is 35.1. The molecule has 6 heterocycles. The number of carbonyl (C=O) groups is 2. The lowest BCUT2D eigenvalue weighted by Crippen LogP contribution is -2.45. The van der Waals surface area contributed by atoms with Gasteiger partial charge in [-0.2, -0.15) is 27.8 Å². The molecule has 12 nitrogen and oxygen atoms in total. The van der Waals surface area contributed by atoms with E-state index in [0.29, 0.717) is 35.4 Å². The predicted octanol–water partition coefficient (Wildman–Crippen LogP) is 7.68. The standard InChI is InChI=1S/2C20H31F2N3O3/c2*1-12-9-15-14(11-24(12)17(26)28-18(2,3)4)16-20(21,22)8-7-13(19(5,6)27)10-25(16)23-15/h2*12-13,27H,7-11H2,1-6H3/t12-,13?;12-,13+/m11/s1. The first-order chi connectivity index (χ1) is 25.4. The molecule has 4 aliphatic heterocycles. The Hall–Kier alpha value is -3.40. The monoisotopic (exact) mass is 798 g/mol. The summed E-state index contributed by atoms with van der Waals surface area (Å²) in [5.41, 5.74) is -1.62. The molecule has 1 unspecified atom stereocenters. The number of rotatable bonds is 2. The maximum atomic E-state index is 15.1. The normalized spacial score (nSPS) is 25.0. The minimum Gasteiger partial charge on any atom is -0.444 e. The molecule has 16 heteroatoms. The Kier molecular flexibility index (Phi) is 11.5. The quantitative estimate of drug-likeness (QED) is 0.296. The summed E-state index contributed by atoms with van der Waals surface area (Å²) < 4.78 is 73.9. The fourth-order valence-corrected chi connectivity index (χ4v) is 8.10. The van der Waals surface area contributed by atoms with Crippen molar-refractivity contribution in [1.29, 1.82) is 0 Å². The van der Waals surface area contributed by atoms with E-state index >= 15 is 17.6 Å². The summed E-state index contributed by atoms with van der Waals surface area (Å²) >= 11 is 0. The Morgan fingerprint density at radius 2 is 0.964 bits per heavy atom. The maximum Gasteiger partial charge on any atom is 0.410 e. The molecule has 0 saturated carbocycles. The van der Waals surface area contributed by atoms with Crippen LogP contribution in [0.15, 0.2) is 0 Å². The Balaban J connectivity index is 0.000000214. The summed E-state index contributed by atoms with van der Waals surface area (Å²) in [5.74, 6) is -6.75. The van der Waals surface area contributed by atoms with Crippen LogP contribution in [0.4, 0.5) is 27.2 Å². The maximum absolute atomic E-state index is 15.1. The van der Waals surface area contributed by atoms with Crippen molar-refractivity contribution in [2.45, 2.75) is 194 Å². The van der Waals surface area contributed by atoms with Gasteiger partial charge in [0.1, 0.15) is 22.6 Å². The molecule has 0 aromatic carbocycles. The molecule has 0 aliphatic carbocycles. The smallest absolute Gasteiger partial charge is 0.410 e. The molecular formula is C40H62F4N6O6. The van der Waals surface area contributed by atoms with Crippen molar-refractivity contribution in [2.24, 2.45) is 11.8 Å². The van der Waals surface area contributed by atoms with Crippen LogP contribution in [0.25, 0.3) is 0 Å². The van der Waals surface area contributed by atoms with Gasteiger partial charge in [-0.05, 0) is 95.9 Å². The van der Waals surface area contributed by atoms with Crippen molar-refractivity contribution in [1.82, 2.24) is 29.4 Å². The molecule has 4 aliphatic rings. The van der Waals surface area contributed by atoms with Gasteiger partial charge in [-0.1, -0.05) is 0 Å². The van der Waals surface area contributed by atoms with E-state index in [-0.39, 0.29) is 87.2 Å². The predicted molar refractivity (Wildman–Crippen MR) is 200 cm³/mol. The number of aliphatic hydroxyl groups is 2. The lowest BCUT2D eigenvalue weighted by Gasteiger charge is -2.35. The fourth-order valence-electron chi connectivity index (χ4n) is 8.10. The van der Waals surface area contributed by atoms with Crippen LogP contribution in [0.3, 0.4) is 0 Å². The van der Waals surface area contributed by atoms with Crippen molar-refractivity contribution in [3.63, 3.8) is 0 Å². The van der Waals surface area contributed by atoms with Crippen LogP contribution in [-0.4, -0.2) is 86.2 Å². The molecule has 0 radical (unpaired) electrons. The molecule has 2 N–H and O–H groups in total. The zero-order valence-electron chi connectivity index (χ0n) is 35.1. The van der Waals surface area contributed by atoms with Crippen molar-refractivity contribution in [3.05, 3.63) is 33.9 Å². The van der Waals surface area contributed by atoms with E-state index < -0.39 is 46.4 Å². The molecule has 4 atom stereocenters. The van der Waals surface area contributed by atoms with Gasteiger partial charge in [0.05, 0.1) is 35.7 Å². The van der Waals surface area contributed by atoms with Gasteiger partial charge in [-0.3, -0.25) is 9.36 Å². The van der Waals surface area contributed by atoms with Crippen LogP contribution in [0, 0.1) is 11.8 Å². The average Bonchev–Trinajstić information content (AvgIpc) is 3.46. The second kappa shape index (κ2) is 14.8. The van der Waals surface area contributed by atoms with E-state index in [2.05, 4.69) is 10.2 Å². The molecule has 0 spiro atoms. The van der Waals surface area contributed by atoms with E-state index in [1.807, 2.05) is 13.8 Å². The minimum absolute atomic E-state index is 0.0590. The van der Waals surface area contributed by atoms with E-state index in [9.17, 15) is 19.8 Å². The van der Waals surface area contributed by atoms with Crippen LogP contribution >= 0.6 is 0 Å². The SMILES string of the molecule is C[C@@H]1Cc2nn3c(c2CN1C(=O)OC(C)(C)C)C(F)(F)CCC(C(C)(C)O)C3.C[C@@H]1Cc2nn3c(c2CN1C(=O)OC(C)(C)C)C(F)(F)CC[C@H](C(C)(C)O)C3. The van der Waals surface area contributed by atoms with Gasteiger partial charge in [0.25, 0.3) is 11.8 Å². The summed E-state index contributed by atoms with van der Waals surface area (Å²) in [5, 5.41) is 29.7. The zero-order chi connectivity index (χ0) is 42.1. The Labute approximate surface area is 327 Å². The highest BCUT2D eigenvalue weighted by atomic mass is 19.3. The number of amides is 2. The number of fused-ring (bicyclic) bond motifs is 6. The number of carbonyl (C=O) groups excluding carboxylic acids is 2. The summed E-state index contributed by atoms with van der Waals surface area (Å²) in [6, 6.07) is -0.389. The Morgan fingerprint density at radius 3 is 1.25 bits per heavy atom. The summed E-state index contributed by atoms with van der Waals surface area (Å²) in [6.07, 6.45) is -0.477. The fraction of sp³-hybridized carbons (Fsp3) is 0.800. The number of halogens is 4. The third-order valence-corrected chi connectivity index (χ3v) is 11.3. The molecule has 2 aromatic heterocycles. The molecule has 6 rings (SSSR count).